The number of hydrogen-bond donors (Lipinski definition) is 2. The minimum atomic E-state index is -1.09. The van der Waals surface area contributed by atoms with Crippen LogP contribution in [0.1, 0.15) is 41.9 Å². The summed E-state index contributed by atoms with van der Waals surface area (Å²) in [4.78, 5) is 10.9. The van der Waals surface area contributed by atoms with Crippen LogP contribution in [0.5, 0.6) is 0 Å². The quantitative estimate of drug-likeness (QED) is 0.631. The van der Waals surface area contributed by atoms with E-state index in [9.17, 15) is 4.79 Å². The molecular weight excluding hydrogens is 238 g/mol. The van der Waals surface area contributed by atoms with Gasteiger partial charge in [0.15, 0.2) is 5.69 Å². The Morgan fingerprint density at radius 1 is 1.33 bits per heavy atom. The molecule has 0 saturated heterocycles. The summed E-state index contributed by atoms with van der Waals surface area (Å²) in [6.45, 7) is 1.01. The van der Waals surface area contributed by atoms with E-state index < -0.39 is 5.97 Å². The molecule has 0 saturated carbocycles. The molecule has 0 atom stereocenters. The van der Waals surface area contributed by atoms with E-state index in [1.807, 2.05) is 0 Å². The van der Waals surface area contributed by atoms with E-state index in [1.165, 1.54) is 7.11 Å². The standard InChI is InChI=1S/C11H19N3O4/c1-18-8-9-10(11(16)17)12-13-14(9)6-4-2-3-5-7-15/h15H,2-8H2,1H3,(H,16,17). The van der Waals surface area contributed by atoms with Gasteiger partial charge in [-0.3, -0.25) is 0 Å². The molecule has 0 amide bonds. The lowest BCUT2D eigenvalue weighted by Crippen LogP contribution is -2.09. The summed E-state index contributed by atoms with van der Waals surface area (Å²) in [6.07, 6.45) is 3.59. The van der Waals surface area contributed by atoms with Gasteiger partial charge in [0.05, 0.1) is 12.3 Å². The number of unbranched alkanes of at least 4 members (excludes halogenated alkanes) is 3. The van der Waals surface area contributed by atoms with Gasteiger partial charge in [-0.25, -0.2) is 9.48 Å². The highest BCUT2D eigenvalue weighted by Crippen LogP contribution is 2.09. The predicted octanol–water partition coefficient (Wildman–Crippen LogP) is 0.675. The Balaban J connectivity index is 2.56. The van der Waals surface area contributed by atoms with Gasteiger partial charge in [-0.15, -0.1) is 5.10 Å². The molecule has 7 nitrogen and oxygen atoms in total. The van der Waals surface area contributed by atoms with E-state index in [0.717, 1.165) is 25.7 Å². The van der Waals surface area contributed by atoms with Crippen LogP contribution in [0.25, 0.3) is 0 Å². The molecule has 0 unspecified atom stereocenters. The Bertz CT molecular complexity index is 378. The van der Waals surface area contributed by atoms with Crippen molar-refractivity contribution < 1.29 is 19.7 Å². The average Bonchev–Trinajstić information content (AvgIpc) is 2.73. The fourth-order valence-electron chi connectivity index (χ4n) is 1.69. The second kappa shape index (κ2) is 7.78. The minimum Gasteiger partial charge on any atom is -0.476 e. The number of carboxylic acid groups (broad SMARTS) is 1. The summed E-state index contributed by atoms with van der Waals surface area (Å²) in [6, 6.07) is 0. The molecule has 0 spiro atoms. The van der Waals surface area contributed by atoms with Crippen molar-refractivity contribution in [2.45, 2.75) is 38.8 Å². The minimum absolute atomic E-state index is 0.0489. The molecule has 0 aromatic carbocycles. The summed E-state index contributed by atoms with van der Waals surface area (Å²) in [5.74, 6) is -1.09. The smallest absolute Gasteiger partial charge is 0.358 e. The Kier molecular flexibility index (Phi) is 6.31. The van der Waals surface area contributed by atoms with Gasteiger partial charge in [0, 0.05) is 20.3 Å². The zero-order valence-corrected chi connectivity index (χ0v) is 10.5. The first-order valence-electron chi connectivity index (χ1n) is 5.96. The number of hydrogen-bond acceptors (Lipinski definition) is 5. The van der Waals surface area contributed by atoms with E-state index in [0.29, 0.717) is 12.2 Å². The first-order valence-corrected chi connectivity index (χ1v) is 5.96. The molecule has 1 aromatic rings. The van der Waals surface area contributed by atoms with E-state index in [-0.39, 0.29) is 18.9 Å². The average molecular weight is 257 g/mol. The van der Waals surface area contributed by atoms with Crippen LogP contribution in [0, 0.1) is 0 Å². The number of methoxy groups -OCH3 is 1. The molecule has 2 N–H and O–H groups in total. The van der Waals surface area contributed by atoms with Gasteiger partial charge < -0.3 is 14.9 Å². The van der Waals surface area contributed by atoms with E-state index in [1.54, 1.807) is 4.68 Å². The monoisotopic (exact) mass is 257 g/mol. The zero-order valence-electron chi connectivity index (χ0n) is 10.5. The van der Waals surface area contributed by atoms with Crippen molar-refractivity contribution in [3.05, 3.63) is 11.4 Å². The summed E-state index contributed by atoms with van der Waals surface area (Å²) in [5, 5.41) is 25.1. The van der Waals surface area contributed by atoms with Gasteiger partial charge in [-0.05, 0) is 12.8 Å². The zero-order chi connectivity index (χ0) is 13.4. The lowest BCUT2D eigenvalue weighted by atomic mass is 10.2. The lowest BCUT2D eigenvalue weighted by molar-refractivity contribution is 0.0684. The second-order valence-electron chi connectivity index (χ2n) is 3.98. The molecule has 0 fully saturated rings. The molecule has 1 rings (SSSR count). The number of ether oxygens (including phenoxy) is 1. The molecule has 7 heteroatoms. The summed E-state index contributed by atoms with van der Waals surface area (Å²) < 4.78 is 6.54. The van der Waals surface area contributed by atoms with Gasteiger partial charge in [0.1, 0.15) is 0 Å². The summed E-state index contributed by atoms with van der Waals surface area (Å²) in [7, 11) is 1.50. The van der Waals surface area contributed by atoms with E-state index >= 15 is 0 Å². The van der Waals surface area contributed by atoms with Crippen LogP contribution < -0.4 is 0 Å². The highest BCUT2D eigenvalue weighted by atomic mass is 16.5. The highest BCUT2D eigenvalue weighted by Gasteiger charge is 2.18. The molecular formula is C11H19N3O4. The maximum atomic E-state index is 10.9. The summed E-state index contributed by atoms with van der Waals surface area (Å²) in [5.41, 5.74) is 0.444. The van der Waals surface area contributed by atoms with Gasteiger partial charge in [0.2, 0.25) is 0 Å². The summed E-state index contributed by atoms with van der Waals surface area (Å²) >= 11 is 0. The van der Waals surface area contributed by atoms with Gasteiger partial charge in [-0.2, -0.15) is 0 Å². The predicted molar refractivity (Wildman–Crippen MR) is 63.2 cm³/mol. The largest absolute Gasteiger partial charge is 0.476 e. The maximum Gasteiger partial charge on any atom is 0.358 e. The fourth-order valence-corrected chi connectivity index (χ4v) is 1.69. The lowest BCUT2D eigenvalue weighted by Gasteiger charge is -2.05. The number of rotatable bonds is 9. The molecule has 102 valence electrons. The number of aromatic carboxylic acids is 1. The van der Waals surface area contributed by atoms with Crippen LogP contribution >= 0.6 is 0 Å². The van der Waals surface area contributed by atoms with Crippen molar-refractivity contribution in [2.75, 3.05) is 13.7 Å². The van der Waals surface area contributed by atoms with Crippen LogP contribution in [-0.2, 0) is 17.9 Å². The normalized spacial score (nSPS) is 10.8. The number of carbonyl (C=O) groups is 1. The van der Waals surface area contributed by atoms with Crippen LogP contribution in [0.2, 0.25) is 0 Å². The topological polar surface area (TPSA) is 97.5 Å². The third-order valence-electron chi connectivity index (χ3n) is 2.60. The Hall–Kier alpha value is -1.47. The number of nitrogens with zero attached hydrogens (tertiary/aromatic N) is 3. The van der Waals surface area contributed by atoms with Gasteiger partial charge in [0.25, 0.3) is 0 Å². The van der Waals surface area contributed by atoms with Crippen molar-refractivity contribution in [1.29, 1.82) is 0 Å². The van der Waals surface area contributed by atoms with Crippen molar-refractivity contribution >= 4 is 5.97 Å². The van der Waals surface area contributed by atoms with Crippen LogP contribution in [0.3, 0.4) is 0 Å². The molecule has 0 aliphatic rings. The molecule has 0 bridgehead atoms. The van der Waals surface area contributed by atoms with Crippen molar-refractivity contribution in [3.63, 3.8) is 0 Å². The van der Waals surface area contributed by atoms with Gasteiger partial charge in [-0.1, -0.05) is 18.1 Å². The molecule has 1 heterocycles. The number of carboxylic acids is 1. The number of aryl methyl sites for hydroxylation is 1. The van der Waals surface area contributed by atoms with Crippen molar-refractivity contribution in [3.8, 4) is 0 Å². The van der Waals surface area contributed by atoms with Crippen LogP contribution in [0.4, 0.5) is 0 Å². The molecule has 18 heavy (non-hydrogen) atoms. The fraction of sp³-hybridized carbons (Fsp3) is 0.727. The Morgan fingerprint density at radius 2 is 2.06 bits per heavy atom. The molecule has 0 aliphatic heterocycles. The first kappa shape index (κ1) is 14.6. The van der Waals surface area contributed by atoms with Gasteiger partial charge >= 0.3 is 5.97 Å². The first-order chi connectivity index (χ1) is 8.70. The number of aliphatic hydroxyl groups is 1. The molecule has 0 radical (unpaired) electrons. The second-order valence-corrected chi connectivity index (χ2v) is 3.98. The highest BCUT2D eigenvalue weighted by molar-refractivity contribution is 5.86. The molecule has 0 aliphatic carbocycles. The van der Waals surface area contributed by atoms with E-state index in [2.05, 4.69) is 10.3 Å². The van der Waals surface area contributed by atoms with E-state index in [4.69, 9.17) is 14.9 Å². The Labute approximate surface area is 105 Å². The van der Waals surface area contributed by atoms with Crippen molar-refractivity contribution in [2.24, 2.45) is 0 Å². The SMILES string of the molecule is COCc1c(C(=O)O)nnn1CCCCCCO. The van der Waals surface area contributed by atoms with Crippen molar-refractivity contribution in [1.82, 2.24) is 15.0 Å². The third-order valence-corrected chi connectivity index (χ3v) is 2.60. The maximum absolute atomic E-state index is 10.9. The number of aliphatic hydroxyl groups excluding tert-OH is 1. The van der Waals surface area contributed by atoms with Crippen LogP contribution in [0.15, 0.2) is 0 Å². The van der Waals surface area contributed by atoms with Crippen LogP contribution in [-0.4, -0.2) is 44.9 Å². The molecule has 1 aromatic heterocycles. The third kappa shape index (κ3) is 4.08. The Morgan fingerprint density at radius 3 is 2.67 bits per heavy atom. The number of aromatic nitrogens is 3.